The van der Waals surface area contributed by atoms with E-state index >= 15 is 0 Å². The van der Waals surface area contributed by atoms with Gasteiger partial charge in [-0.15, -0.1) is 0 Å². The second-order valence-electron chi connectivity index (χ2n) is 4.78. The monoisotopic (exact) mass is 325 g/mol. The molecular weight excluding hydrogens is 306 g/mol. The number of ether oxygens (including phenoxy) is 2. The Morgan fingerprint density at radius 1 is 1.09 bits per heavy atom. The van der Waals surface area contributed by atoms with Crippen molar-refractivity contribution in [3.63, 3.8) is 0 Å². The smallest absolute Gasteiger partial charge is 0.224 e. The molecule has 0 amide bonds. The summed E-state index contributed by atoms with van der Waals surface area (Å²) in [5, 5.41) is 13.0. The molecule has 7 heteroatoms. The van der Waals surface area contributed by atoms with Gasteiger partial charge in [0.15, 0.2) is 11.5 Å². The third-order valence-electron chi connectivity index (χ3n) is 3.30. The number of halogens is 1. The maximum atomic E-state index is 8.78. The van der Waals surface area contributed by atoms with Crippen LogP contribution in [0.1, 0.15) is 19.3 Å². The largest absolute Gasteiger partial charge is 0.493 e. The summed E-state index contributed by atoms with van der Waals surface area (Å²) in [5.74, 6) is 1.88. The first-order valence-corrected chi connectivity index (χ1v) is 7.51. The summed E-state index contributed by atoms with van der Waals surface area (Å²) < 4.78 is 10.6. The lowest BCUT2D eigenvalue weighted by atomic mass is 10.2. The molecule has 1 heterocycles. The Bertz CT molecular complexity index is 637. The van der Waals surface area contributed by atoms with Crippen molar-refractivity contribution in [2.75, 3.05) is 32.7 Å². The molecule has 0 aliphatic heterocycles. The van der Waals surface area contributed by atoms with Crippen LogP contribution in [-0.4, -0.2) is 42.4 Å². The predicted molar refractivity (Wildman–Crippen MR) is 87.1 cm³/mol. The Morgan fingerprint density at radius 3 is 2.50 bits per heavy atom. The maximum absolute atomic E-state index is 8.78. The number of hydrogen-bond donors (Lipinski definition) is 2. The molecule has 0 aliphatic carbocycles. The van der Waals surface area contributed by atoms with Crippen LogP contribution < -0.4 is 14.8 Å². The first-order chi connectivity index (χ1) is 10.7. The fourth-order valence-corrected chi connectivity index (χ4v) is 2.36. The van der Waals surface area contributed by atoms with Gasteiger partial charge in [0, 0.05) is 24.6 Å². The van der Waals surface area contributed by atoms with Crippen molar-refractivity contribution in [2.24, 2.45) is 0 Å². The van der Waals surface area contributed by atoms with E-state index in [1.807, 2.05) is 6.07 Å². The van der Waals surface area contributed by atoms with Crippen molar-refractivity contribution in [3.05, 3.63) is 17.4 Å². The number of hydrogen-bond acceptors (Lipinski definition) is 6. The molecule has 0 atom stereocenters. The fraction of sp³-hybridized carbons (Fsp3) is 0.467. The van der Waals surface area contributed by atoms with Gasteiger partial charge in [0.1, 0.15) is 5.82 Å². The predicted octanol–water partition coefficient (Wildman–Crippen LogP) is 2.87. The Morgan fingerprint density at radius 2 is 1.82 bits per heavy atom. The van der Waals surface area contributed by atoms with Crippen molar-refractivity contribution in [1.29, 1.82) is 0 Å². The van der Waals surface area contributed by atoms with Gasteiger partial charge in [0.2, 0.25) is 5.28 Å². The van der Waals surface area contributed by atoms with Crippen LogP contribution in [0, 0.1) is 0 Å². The molecule has 0 saturated heterocycles. The van der Waals surface area contributed by atoms with E-state index in [1.165, 1.54) is 0 Å². The van der Waals surface area contributed by atoms with Gasteiger partial charge in [-0.05, 0) is 36.9 Å². The molecule has 22 heavy (non-hydrogen) atoms. The van der Waals surface area contributed by atoms with Gasteiger partial charge in [0.05, 0.1) is 19.7 Å². The molecular formula is C15H20ClN3O3. The Labute approximate surface area is 134 Å². The highest BCUT2D eigenvalue weighted by Gasteiger charge is 2.12. The molecule has 2 rings (SSSR count). The van der Waals surface area contributed by atoms with E-state index in [-0.39, 0.29) is 11.9 Å². The molecule has 0 spiro atoms. The first kappa shape index (κ1) is 16.6. The van der Waals surface area contributed by atoms with Crippen LogP contribution in [0.4, 0.5) is 5.82 Å². The highest BCUT2D eigenvalue weighted by atomic mass is 35.5. The Kier molecular flexibility index (Phi) is 6.03. The highest BCUT2D eigenvalue weighted by molar-refractivity contribution is 6.28. The minimum Gasteiger partial charge on any atom is -0.493 e. The van der Waals surface area contributed by atoms with Crippen molar-refractivity contribution < 1.29 is 14.6 Å². The number of aromatic nitrogens is 2. The lowest BCUT2D eigenvalue weighted by molar-refractivity contribution is 0.283. The average molecular weight is 326 g/mol. The number of rotatable bonds is 8. The molecule has 1 aromatic heterocycles. The number of nitrogens with zero attached hydrogens (tertiary/aromatic N) is 2. The summed E-state index contributed by atoms with van der Waals surface area (Å²) in [4.78, 5) is 8.47. The van der Waals surface area contributed by atoms with Gasteiger partial charge in [-0.3, -0.25) is 0 Å². The SMILES string of the molecule is COc1cc2nc(Cl)nc(NCCCCCO)c2cc1OC. The summed E-state index contributed by atoms with van der Waals surface area (Å²) in [6.45, 7) is 0.968. The van der Waals surface area contributed by atoms with Gasteiger partial charge >= 0.3 is 0 Å². The molecule has 0 aliphatic rings. The van der Waals surface area contributed by atoms with E-state index in [4.69, 9.17) is 26.2 Å². The number of anilines is 1. The molecule has 2 N–H and O–H groups in total. The van der Waals surface area contributed by atoms with Crippen LogP contribution >= 0.6 is 11.6 Å². The number of unbranched alkanes of at least 4 members (excludes halogenated alkanes) is 2. The van der Waals surface area contributed by atoms with E-state index in [2.05, 4.69) is 15.3 Å². The van der Waals surface area contributed by atoms with Crippen LogP contribution in [-0.2, 0) is 0 Å². The van der Waals surface area contributed by atoms with Gasteiger partial charge in [-0.2, -0.15) is 0 Å². The quantitative estimate of drug-likeness (QED) is 0.574. The first-order valence-electron chi connectivity index (χ1n) is 7.13. The number of aliphatic hydroxyl groups is 1. The molecule has 0 unspecified atom stereocenters. The van der Waals surface area contributed by atoms with Gasteiger partial charge < -0.3 is 19.9 Å². The zero-order chi connectivity index (χ0) is 15.9. The van der Waals surface area contributed by atoms with Crippen molar-refractivity contribution >= 4 is 28.3 Å². The number of methoxy groups -OCH3 is 2. The topological polar surface area (TPSA) is 76.5 Å². The van der Waals surface area contributed by atoms with E-state index in [9.17, 15) is 0 Å². The summed E-state index contributed by atoms with van der Waals surface area (Å²) in [6, 6.07) is 3.61. The lowest BCUT2D eigenvalue weighted by Gasteiger charge is -2.12. The Hall–Kier alpha value is -1.79. The molecule has 0 fully saturated rings. The molecule has 0 bridgehead atoms. The van der Waals surface area contributed by atoms with Gasteiger partial charge in [-0.1, -0.05) is 0 Å². The van der Waals surface area contributed by atoms with Crippen molar-refractivity contribution in [2.45, 2.75) is 19.3 Å². The highest BCUT2D eigenvalue weighted by Crippen LogP contribution is 2.34. The van der Waals surface area contributed by atoms with E-state index in [1.54, 1.807) is 20.3 Å². The van der Waals surface area contributed by atoms with E-state index in [0.717, 1.165) is 31.2 Å². The number of aliphatic hydroxyl groups excluding tert-OH is 1. The minimum absolute atomic E-state index is 0.178. The van der Waals surface area contributed by atoms with Gasteiger partial charge in [-0.25, -0.2) is 9.97 Å². The molecule has 0 saturated carbocycles. The van der Waals surface area contributed by atoms with Crippen LogP contribution in [0.25, 0.3) is 10.9 Å². The zero-order valence-corrected chi connectivity index (χ0v) is 13.5. The van der Waals surface area contributed by atoms with Gasteiger partial charge in [0.25, 0.3) is 0 Å². The average Bonchev–Trinajstić information content (AvgIpc) is 2.53. The fourth-order valence-electron chi connectivity index (χ4n) is 2.18. The summed E-state index contributed by atoms with van der Waals surface area (Å²) in [5.41, 5.74) is 0.690. The normalized spacial score (nSPS) is 10.7. The molecule has 0 radical (unpaired) electrons. The Balaban J connectivity index is 2.28. The molecule has 1 aromatic carbocycles. The third kappa shape index (κ3) is 3.90. The number of fused-ring (bicyclic) bond motifs is 1. The molecule has 2 aromatic rings. The van der Waals surface area contributed by atoms with Crippen LogP contribution in [0.3, 0.4) is 0 Å². The second-order valence-corrected chi connectivity index (χ2v) is 5.11. The zero-order valence-electron chi connectivity index (χ0n) is 12.7. The van der Waals surface area contributed by atoms with Crippen LogP contribution in [0.5, 0.6) is 11.5 Å². The van der Waals surface area contributed by atoms with Crippen LogP contribution in [0.2, 0.25) is 5.28 Å². The summed E-state index contributed by atoms with van der Waals surface area (Å²) in [7, 11) is 3.16. The number of benzene rings is 1. The van der Waals surface area contributed by atoms with E-state index in [0.29, 0.717) is 22.8 Å². The molecule has 6 nitrogen and oxygen atoms in total. The summed E-state index contributed by atoms with van der Waals surface area (Å²) in [6.07, 6.45) is 2.70. The second kappa shape index (κ2) is 8.00. The van der Waals surface area contributed by atoms with Crippen molar-refractivity contribution in [3.8, 4) is 11.5 Å². The van der Waals surface area contributed by atoms with E-state index < -0.39 is 0 Å². The molecule has 120 valence electrons. The minimum atomic E-state index is 0.178. The van der Waals surface area contributed by atoms with Crippen LogP contribution in [0.15, 0.2) is 12.1 Å². The summed E-state index contributed by atoms with van der Waals surface area (Å²) >= 11 is 5.99. The number of nitrogens with one attached hydrogen (secondary N) is 1. The van der Waals surface area contributed by atoms with Crippen molar-refractivity contribution in [1.82, 2.24) is 9.97 Å². The maximum Gasteiger partial charge on any atom is 0.224 e. The third-order valence-corrected chi connectivity index (χ3v) is 3.47. The lowest BCUT2D eigenvalue weighted by Crippen LogP contribution is -2.05. The standard InChI is InChI=1S/C15H20ClN3O3/c1-21-12-8-10-11(9-13(12)22-2)18-15(16)19-14(10)17-6-4-3-5-7-20/h8-9,20H,3-7H2,1-2H3,(H,17,18,19).